The highest BCUT2D eigenvalue weighted by Crippen LogP contribution is 2.18. The van der Waals surface area contributed by atoms with E-state index in [1.165, 1.54) is 18.3 Å². The van der Waals surface area contributed by atoms with Gasteiger partial charge in [0.15, 0.2) is 20.4 Å². The van der Waals surface area contributed by atoms with Crippen molar-refractivity contribution >= 4 is 32.4 Å². The first-order chi connectivity index (χ1) is 10.9. The van der Waals surface area contributed by atoms with E-state index in [1.807, 2.05) is 18.2 Å². The third-order valence-corrected chi connectivity index (χ3v) is 4.18. The van der Waals surface area contributed by atoms with E-state index in [4.69, 9.17) is 4.52 Å². The van der Waals surface area contributed by atoms with Crippen LogP contribution in [0.2, 0.25) is 0 Å². The number of pyridine rings is 1. The lowest BCUT2D eigenvalue weighted by molar-refractivity contribution is -0.115. The summed E-state index contributed by atoms with van der Waals surface area (Å²) < 4.78 is 27.8. The van der Waals surface area contributed by atoms with Crippen molar-refractivity contribution in [2.24, 2.45) is 0 Å². The summed E-state index contributed by atoms with van der Waals surface area (Å²) in [5.74, 6) is -0.294. The number of amides is 1. The number of carbonyl (C=O) groups excluding carboxylic acids is 1. The highest BCUT2D eigenvalue weighted by atomic mass is 32.2. The van der Waals surface area contributed by atoms with Crippen LogP contribution >= 0.6 is 0 Å². The predicted molar refractivity (Wildman–Crippen MR) is 83.7 cm³/mol. The summed E-state index contributed by atoms with van der Waals surface area (Å²) in [6.07, 6.45) is 2.42. The molecule has 0 aliphatic heterocycles. The van der Waals surface area contributed by atoms with Crippen molar-refractivity contribution in [2.75, 3.05) is 11.6 Å². The fraction of sp³-hybridized carbons (Fsp3) is 0.133. The first-order valence-corrected chi connectivity index (χ1v) is 8.62. The molecule has 7 nitrogen and oxygen atoms in total. The second-order valence-corrected chi connectivity index (χ2v) is 6.97. The molecule has 3 rings (SSSR count). The van der Waals surface area contributed by atoms with Crippen molar-refractivity contribution in [3.05, 3.63) is 48.3 Å². The molecule has 118 valence electrons. The number of nitrogens with zero attached hydrogens (tertiary/aromatic N) is 2. The van der Waals surface area contributed by atoms with E-state index in [9.17, 15) is 13.2 Å². The molecule has 0 radical (unpaired) electrons. The Morgan fingerprint density at radius 2 is 2.00 bits per heavy atom. The van der Waals surface area contributed by atoms with Crippen LogP contribution in [0.4, 0.5) is 5.69 Å². The van der Waals surface area contributed by atoms with Gasteiger partial charge in [-0.15, -0.1) is 0 Å². The average molecular weight is 331 g/mol. The van der Waals surface area contributed by atoms with Gasteiger partial charge in [0.2, 0.25) is 5.91 Å². The van der Waals surface area contributed by atoms with Gasteiger partial charge < -0.3 is 9.84 Å². The molecule has 0 unspecified atom stereocenters. The largest absolute Gasteiger partial charge is 0.356 e. The van der Waals surface area contributed by atoms with Gasteiger partial charge in [-0.05, 0) is 24.3 Å². The molecule has 0 saturated heterocycles. The molecular formula is C15H13N3O4S. The lowest BCUT2D eigenvalue weighted by Crippen LogP contribution is -2.15. The Bertz CT molecular complexity index is 962. The van der Waals surface area contributed by atoms with Gasteiger partial charge in [0.1, 0.15) is 5.69 Å². The topological polar surface area (TPSA) is 102 Å². The van der Waals surface area contributed by atoms with Crippen molar-refractivity contribution in [1.29, 1.82) is 0 Å². The van der Waals surface area contributed by atoms with E-state index in [2.05, 4.69) is 15.5 Å². The maximum atomic E-state index is 12.1. The minimum atomic E-state index is -3.36. The Balaban J connectivity index is 1.72. The Hall–Kier alpha value is -2.74. The van der Waals surface area contributed by atoms with Gasteiger partial charge in [-0.2, -0.15) is 0 Å². The molecule has 2 aromatic heterocycles. The van der Waals surface area contributed by atoms with Crippen LogP contribution in [0.3, 0.4) is 0 Å². The number of anilines is 1. The molecule has 8 heteroatoms. The van der Waals surface area contributed by atoms with Gasteiger partial charge in [-0.3, -0.25) is 4.79 Å². The molecule has 0 atom stereocenters. The standard InChI is InChI=1S/C15H13N3O4S/c1-23(20,21)15-7-6-10(9-16-15)17-14(19)8-12-11-4-2-3-5-13(11)22-18-12/h2-7,9H,8H2,1H3,(H,17,19). The Labute approximate surface area is 132 Å². The number of fused-ring (bicyclic) bond motifs is 1. The van der Waals surface area contributed by atoms with Crippen molar-refractivity contribution in [3.63, 3.8) is 0 Å². The number of para-hydroxylation sites is 1. The Morgan fingerprint density at radius 3 is 2.70 bits per heavy atom. The number of hydrogen-bond donors (Lipinski definition) is 1. The smallest absolute Gasteiger partial charge is 0.230 e. The van der Waals surface area contributed by atoms with E-state index in [0.29, 0.717) is 17.0 Å². The quantitative estimate of drug-likeness (QED) is 0.782. The van der Waals surface area contributed by atoms with Gasteiger partial charge in [0.25, 0.3) is 0 Å². The average Bonchev–Trinajstić information content (AvgIpc) is 2.90. The molecule has 0 saturated carbocycles. The van der Waals surface area contributed by atoms with Crippen LogP contribution in [0, 0.1) is 0 Å². The van der Waals surface area contributed by atoms with Gasteiger partial charge in [0, 0.05) is 11.6 Å². The summed E-state index contributed by atoms with van der Waals surface area (Å²) in [5, 5.41) is 7.28. The fourth-order valence-electron chi connectivity index (χ4n) is 2.10. The van der Waals surface area contributed by atoms with Crippen LogP contribution in [0.1, 0.15) is 5.69 Å². The van der Waals surface area contributed by atoms with E-state index in [1.54, 1.807) is 6.07 Å². The molecule has 0 fully saturated rings. The monoisotopic (exact) mass is 331 g/mol. The molecule has 0 aliphatic carbocycles. The summed E-state index contributed by atoms with van der Waals surface area (Å²) in [4.78, 5) is 15.9. The number of benzene rings is 1. The highest BCUT2D eigenvalue weighted by Gasteiger charge is 2.13. The number of carbonyl (C=O) groups is 1. The molecule has 0 bridgehead atoms. The fourth-order valence-corrected chi connectivity index (χ4v) is 2.66. The summed E-state index contributed by atoms with van der Waals surface area (Å²) in [7, 11) is -3.36. The number of sulfone groups is 1. The third kappa shape index (κ3) is 3.37. The zero-order valence-electron chi connectivity index (χ0n) is 12.2. The van der Waals surface area contributed by atoms with Crippen molar-refractivity contribution in [2.45, 2.75) is 11.4 Å². The van der Waals surface area contributed by atoms with Crippen molar-refractivity contribution < 1.29 is 17.7 Å². The van der Waals surface area contributed by atoms with E-state index in [-0.39, 0.29) is 17.4 Å². The van der Waals surface area contributed by atoms with Gasteiger partial charge >= 0.3 is 0 Å². The van der Waals surface area contributed by atoms with Gasteiger partial charge in [-0.1, -0.05) is 17.3 Å². The third-order valence-electron chi connectivity index (χ3n) is 3.18. The first-order valence-electron chi connectivity index (χ1n) is 6.73. The summed E-state index contributed by atoms with van der Waals surface area (Å²) >= 11 is 0. The van der Waals surface area contributed by atoms with Crippen LogP contribution in [-0.2, 0) is 21.1 Å². The summed E-state index contributed by atoms with van der Waals surface area (Å²) in [6, 6.07) is 10.1. The predicted octanol–water partition coefficient (Wildman–Crippen LogP) is 1.81. The van der Waals surface area contributed by atoms with Crippen molar-refractivity contribution in [3.8, 4) is 0 Å². The van der Waals surface area contributed by atoms with E-state index in [0.717, 1.165) is 11.6 Å². The maximum Gasteiger partial charge on any atom is 0.230 e. The number of rotatable bonds is 4. The molecule has 1 amide bonds. The van der Waals surface area contributed by atoms with Crippen LogP contribution in [-0.4, -0.2) is 30.7 Å². The normalized spacial score (nSPS) is 11.5. The minimum absolute atomic E-state index is 0.0435. The zero-order valence-corrected chi connectivity index (χ0v) is 13.0. The summed E-state index contributed by atoms with van der Waals surface area (Å²) in [5.41, 5.74) is 1.57. The molecule has 1 aromatic carbocycles. The SMILES string of the molecule is CS(=O)(=O)c1ccc(NC(=O)Cc2noc3ccccc23)cn1. The van der Waals surface area contributed by atoms with Gasteiger partial charge in [-0.25, -0.2) is 13.4 Å². The van der Waals surface area contributed by atoms with Crippen LogP contribution in [0.15, 0.2) is 52.1 Å². The Kier molecular flexibility index (Phi) is 3.83. The van der Waals surface area contributed by atoms with Gasteiger partial charge in [0.05, 0.1) is 18.3 Å². The molecule has 3 aromatic rings. The second-order valence-electron chi connectivity index (χ2n) is 5.01. The number of aromatic nitrogens is 2. The van der Waals surface area contributed by atoms with Crippen LogP contribution in [0.25, 0.3) is 11.0 Å². The number of nitrogens with one attached hydrogen (secondary N) is 1. The minimum Gasteiger partial charge on any atom is -0.356 e. The molecule has 1 N–H and O–H groups in total. The van der Waals surface area contributed by atoms with Crippen molar-refractivity contribution in [1.82, 2.24) is 10.1 Å². The second kappa shape index (κ2) is 5.81. The van der Waals surface area contributed by atoms with E-state index >= 15 is 0 Å². The highest BCUT2D eigenvalue weighted by molar-refractivity contribution is 7.90. The van der Waals surface area contributed by atoms with Crippen LogP contribution in [0.5, 0.6) is 0 Å². The number of hydrogen-bond acceptors (Lipinski definition) is 6. The summed E-state index contributed by atoms with van der Waals surface area (Å²) in [6.45, 7) is 0. The first kappa shape index (κ1) is 15.2. The zero-order chi connectivity index (χ0) is 16.4. The molecule has 23 heavy (non-hydrogen) atoms. The molecular weight excluding hydrogens is 318 g/mol. The molecule has 0 spiro atoms. The lowest BCUT2D eigenvalue weighted by atomic mass is 10.1. The van der Waals surface area contributed by atoms with Crippen LogP contribution < -0.4 is 5.32 Å². The maximum absolute atomic E-state index is 12.1. The Morgan fingerprint density at radius 1 is 1.22 bits per heavy atom. The molecule has 2 heterocycles. The lowest BCUT2D eigenvalue weighted by Gasteiger charge is -2.04. The van der Waals surface area contributed by atoms with E-state index < -0.39 is 9.84 Å². The molecule has 0 aliphatic rings.